The van der Waals surface area contributed by atoms with Gasteiger partial charge >= 0.3 is 0 Å². The van der Waals surface area contributed by atoms with Crippen molar-refractivity contribution in [1.82, 2.24) is 14.2 Å². The Morgan fingerprint density at radius 3 is 3.20 bits per heavy atom. The number of thiol groups is 1. The van der Waals surface area contributed by atoms with Gasteiger partial charge in [0.25, 0.3) is 0 Å². The Balaban J connectivity index is 2.88. The van der Waals surface area contributed by atoms with Crippen molar-refractivity contribution in [3.05, 3.63) is 24.5 Å². The number of rotatable bonds is 0. The molecule has 10 heavy (non-hydrogen) atoms. The Morgan fingerprint density at radius 2 is 2.40 bits per heavy atom. The molecule has 2 rings (SSSR count). The number of hydrogen-bond donors (Lipinski definition) is 1. The summed E-state index contributed by atoms with van der Waals surface area (Å²) in [6.07, 6.45) is 3.52. The quantitative estimate of drug-likeness (QED) is 0.572. The lowest BCUT2D eigenvalue weighted by molar-refractivity contribution is 1.03. The van der Waals surface area contributed by atoms with Gasteiger partial charge in [0, 0.05) is 17.8 Å². The first-order valence-corrected chi connectivity index (χ1v) is 3.26. The van der Waals surface area contributed by atoms with Crippen LogP contribution in [0.5, 0.6) is 0 Å². The van der Waals surface area contributed by atoms with Crippen molar-refractivity contribution in [2.45, 2.75) is 0 Å². The van der Waals surface area contributed by atoms with E-state index >= 15 is 0 Å². The lowest BCUT2D eigenvalue weighted by Crippen LogP contribution is -1.78. The topological polar surface area (TPSA) is 30.7 Å². The van der Waals surface area contributed by atoms with Gasteiger partial charge in [0.15, 0.2) is 5.65 Å². The second-order valence-corrected chi connectivity index (χ2v) is 2.38. The zero-order valence-corrected chi connectivity index (χ0v) is 5.99. The molecule has 0 saturated heterocycles. The molecule has 0 unspecified atom stereocenters. The highest BCUT2D eigenvalue weighted by atomic mass is 32.1. The number of hydrogen-bond acceptors (Lipinski definition) is 3. The van der Waals surface area contributed by atoms with Crippen LogP contribution in [-0.4, -0.2) is 14.2 Å². The monoisotopic (exact) mass is 151 g/mol. The molecule has 2 heterocycles. The van der Waals surface area contributed by atoms with Crippen molar-refractivity contribution in [2.24, 2.45) is 0 Å². The van der Waals surface area contributed by atoms with Crippen LogP contribution >= 0.6 is 12.8 Å². The minimum atomic E-state index is 0.734. The number of fused-ring (bicyclic) bond motifs is 1. The van der Waals surface area contributed by atoms with Gasteiger partial charge < -0.3 is 0 Å². The third-order valence-corrected chi connectivity index (χ3v) is 1.47. The van der Waals surface area contributed by atoms with Crippen molar-refractivity contribution in [1.29, 1.82) is 0 Å². The third kappa shape index (κ3) is 0.769. The second-order valence-electron chi connectivity index (χ2n) is 1.97. The average molecular weight is 151 g/mol. The van der Waals surface area contributed by atoms with Crippen LogP contribution in [0.3, 0.4) is 0 Å². The Kier molecular flexibility index (Phi) is 1.14. The van der Waals surface area contributed by atoms with E-state index < -0.39 is 0 Å². The highest BCUT2D eigenvalue weighted by molar-refractivity contribution is 7.78. The highest BCUT2D eigenvalue weighted by Crippen LogP contribution is 2.07. The molecule has 0 spiro atoms. The van der Waals surface area contributed by atoms with Crippen LogP contribution in [-0.2, 0) is 0 Å². The van der Waals surface area contributed by atoms with Crippen molar-refractivity contribution >= 4 is 23.8 Å². The van der Waals surface area contributed by atoms with Gasteiger partial charge in [0.05, 0.1) is 0 Å². The molecular weight excluding hydrogens is 146 g/mol. The van der Waals surface area contributed by atoms with Gasteiger partial charge in [0.1, 0.15) is 0 Å². The number of pyridine rings is 1. The summed E-state index contributed by atoms with van der Waals surface area (Å²) in [5.74, 6) is 0. The van der Waals surface area contributed by atoms with Gasteiger partial charge in [-0.3, -0.25) is 0 Å². The van der Waals surface area contributed by atoms with E-state index in [1.165, 1.54) is 4.09 Å². The van der Waals surface area contributed by atoms with E-state index in [9.17, 15) is 0 Å². The molecule has 0 radical (unpaired) electrons. The first kappa shape index (κ1) is 5.73. The lowest BCUT2D eigenvalue weighted by Gasteiger charge is -1.79. The first-order chi connectivity index (χ1) is 4.86. The summed E-state index contributed by atoms with van der Waals surface area (Å²) in [7, 11) is 0. The van der Waals surface area contributed by atoms with Crippen LogP contribution in [0.25, 0.3) is 11.0 Å². The molecular formula is C6H5N3S. The Morgan fingerprint density at radius 1 is 1.50 bits per heavy atom. The minimum Gasteiger partial charge on any atom is -0.235 e. The normalized spacial score (nSPS) is 10.5. The van der Waals surface area contributed by atoms with Crippen LogP contribution in [0.1, 0.15) is 0 Å². The fraction of sp³-hybridized carbons (Fsp3) is 0. The minimum absolute atomic E-state index is 0.734. The smallest absolute Gasteiger partial charge is 0.182 e. The highest BCUT2D eigenvalue weighted by Gasteiger charge is 1.95. The molecule has 0 saturated carbocycles. The maximum absolute atomic E-state index is 4.02. The van der Waals surface area contributed by atoms with Crippen molar-refractivity contribution in [2.75, 3.05) is 0 Å². The van der Waals surface area contributed by atoms with Crippen LogP contribution in [0, 0.1) is 0 Å². The van der Waals surface area contributed by atoms with Gasteiger partial charge in [-0.25, -0.2) is 9.07 Å². The molecule has 0 aromatic carbocycles. The molecule has 0 atom stereocenters. The van der Waals surface area contributed by atoms with Crippen LogP contribution in [0.2, 0.25) is 0 Å². The van der Waals surface area contributed by atoms with Gasteiger partial charge in [0.2, 0.25) is 0 Å². The zero-order chi connectivity index (χ0) is 6.97. The van der Waals surface area contributed by atoms with E-state index in [1.807, 2.05) is 18.3 Å². The van der Waals surface area contributed by atoms with E-state index in [4.69, 9.17) is 0 Å². The molecule has 0 amide bonds. The third-order valence-electron chi connectivity index (χ3n) is 1.27. The molecule has 0 N–H and O–H groups in total. The molecule has 2 aromatic heterocycles. The predicted molar refractivity (Wildman–Crippen MR) is 41.9 cm³/mol. The fourth-order valence-electron chi connectivity index (χ4n) is 0.844. The van der Waals surface area contributed by atoms with Gasteiger partial charge in [-0.2, -0.15) is 0 Å². The summed E-state index contributed by atoms with van der Waals surface area (Å²) in [6, 6.07) is 3.82. The summed E-state index contributed by atoms with van der Waals surface area (Å²) in [6.45, 7) is 0. The first-order valence-electron chi connectivity index (χ1n) is 2.86. The molecule has 0 aliphatic heterocycles. The summed E-state index contributed by atoms with van der Waals surface area (Å²) < 4.78 is 1.46. The van der Waals surface area contributed by atoms with Gasteiger partial charge in [-0.1, -0.05) is 0 Å². The molecule has 0 bridgehead atoms. The molecule has 0 fully saturated rings. The molecule has 2 aromatic rings. The molecule has 4 heteroatoms. The Hall–Kier alpha value is -1.03. The zero-order valence-electron chi connectivity index (χ0n) is 5.10. The maximum atomic E-state index is 4.02. The standard InChI is InChI=1S/C6H5N3S/c10-9-4-5-2-1-3-7-6(5)8-9/h1-4,10H. The second kappa shape index (κ2) is 1.98. The van der Waals surface area contributed by atoms with E-state index in [-0.39, 0.29) is 0 Å². The average Bonchev–Trinajstić information content (AvgIpc) is 2.27. The van der Waals surface area contributed by atoms with E-state index in [0.717, 1.165) is 11.0 Å². The van der Waals surface area contributed by atoms with Crippen LogP contribution < -0.4 is 0 Å². The largest absolute Gasteiger partial charge is 0.235 e. The van der Waals surface area contributed by atoms with E-state index in [2.05, 4.69) is 22.9 Å². The summed E-state index contributed by atoms with van der Waals surface area (Å²) >= 11 is 4.01. The van der Waals surface area contributed by atoms with Crippen LogP contribution in [0.4, 0.5) is 0 Å². The van der Waals surface area contributed by atoms with Gasteiger partial charge in [-0.05, 0) is 24.9 Å². The SMILES string of the molecule is Sn1cc2cccnc2n1. The predicted octanol–water partition coefficient (Wildman–Crippen LogP) is 1.12. The van der Waals surface area contributed by atoms with Gasteiger partial charge in [-0.15, -0.1) is 5.10 Å². The lowest BCUT2D eigenvalue weighted by atomic mass is 10.4. The molecule has 0 aliphatic rings. The summed E-state index contributed by atoms with van der Waals surface area (Å²) in [5.41, 5.74) is 0.734. The summed E-state index contributed by atoms with van der Waals surface area (Å²) in [5, 5.41) is 4.99. The van der Waals surface area contributed by atoms with E-state index in [1.54, 1.807) is 6.20 Å². The fourth-order valence-corrected chi connectivity index (χ4v) is 1.05. The molecule has 0 aliphatic carbocycles. The maximum Gasteiger partial charge on any atom is 0.182 e. The van der Waals surface area contributed by atoms with Crippen molar-refractivity contribution in [3.63, 3.8) is 0 Å². The number of aromatic nitrogens is 3. The van der Waals surface area contributed by atoms with Crippen LogP contribution in [0.15, 0.2) is 24.5 Å². The van der Waals surface area contributed by atoms with E-state index in [0.29, 0.717) is 0 Å². The van der Waals surface area contributed by atoms with Crippen molar-refractivity contribution in [3.8, 4) is 0 Å². The summed E-state index contributed by atoms with van der Waals surface area (Å²) in [4.78, 5) is 4.02. The Labute approximate surface area is 63.2 Å². The molecule has 3 nitrogen and oxygen atoms in total. The van der Waals surface area contributed by atoms with Crippen molar-refractivity contribution < 1.29 is 0 Å². The Bertz CT molecular complexity index is 322. The number of nitrogens with zero attached hydrogens (tertiary/aromatic N) is 3. The molecule has 50 valence electrons.